The van der Waals surface area contributed by atoms with Crippen LogP contribution in [0.2, 0.25) is 0 Å². The largest absolute Gasteiger partial charge is 0.495 e. The number of para-hydroxylation sites is 2. The number of ether oxygens (including phenoxy) is 1. The number of rotatable bonds is 9. The van der Waals surface area contributed by atoms with E-state index in [1.54, 1.807) is 54.6 Å². The number of carbonyl (C=O) groups excluding carboxylic acids is 2. The van der Waals surface area contributed by atoms with E-state index in [1.807, 2.05) is 6.07 Å². The van der Waals surface area contributed by atoms with Gasteiger partial charge in [0.25, 0.3) is 10.0 Å². The van der Waals surface area contributed by atoms with E-state index < -0.39 is 28.0 Å². The molecule has 0 aliphatic heterocycles. The second-order valence-electron chi connectivity index (χ2n) is 7.06. The van der Waals surface area contributed by atoms with E-state index in [-0.39, 0.29) is 22.7 Å². The van der Waals surface area contributed by atoms with Crippen LogP contribution in [0.5, 0.6) is 5.75 Å². The second-order valence-corrected chi connectivity index (χ2v) is 8.74. The summed E-state index contributed by atoms with van der Waals surface area (Å²) in [7, 11) is -2.50. The van der Waals surface area contributed by atoms with E-state index in [1.165, 1.54) is 25.3 Å². The Morgan fingerprint density at radius 3 is 2.36 bits per heavy atom. The summed E-state index contributed by atoms with van der Waals surface area (Å²) >= 11 is 0. The summed E-state index contributed by atoms with van der Waals surface area (Å²) < 4.78 is 33.4. The highest BCUT2D eigenvalue weighted by molar-refractivity contribution is 7.92. The lowest BCUT2D eigenvalue weighted by Gasteiger charge is -2.18. The minimum atomic E-state index is -3.94. The molecule has 0 aliphatic carbocycles. The van der Waals surface area contributed by atoms with Crippen molar-refractivity contribution in [3.8, 4) is 5.75 Å². The first-order chi connectivity index (χ1) is 15.8. The lowest BCUT2D eigenvalue weighted by atomic mass is 10.0. The van der Waals surface area contributed by atoms with Crippen molar-refractivity contribution in [3.63, 3.8) is 0 Å². The number of primary amides is 1. The van der Waals surface area contributed by atoms with Crippen LogP contribution in [0.4, 0.5) is 16.2 Å². The number of nitrogens with one attached hydrogen (secondary N) is 3. The Labute approximate surface area is 192 Å². The van der Waals surface area contributed by atoms with E-state index in [0.29, 0.717) is 11.3 Å². The third-order valence-electron chi connectivity index (χ3n) is 4.69. The van der Waals surface area contributed by atoms with Crippen molar-refractivity contribution in [2.75, 3.05) is 17.1 Å². The van der Waals surface area contributed by atoms with Gasteiger partial charge in [-0.2, -0.15) is 0 Å². The highest BCUT2D eigenvalue weighted by Gasteiger charge is 2.19. The molecule has 3 rings (SSSR count). The smallest absolute Gasteiger partial charge is 0.312 e. The van der Waals surface area contributed by atoms with E-state index in [4.69, 9.17) is 10.5 Å². The minimum absolute atomic E-state index is 0.0407. The molecular weight excluding hydrogens is 444 g/mol. The summed E-state index contributed by atoms with van der Waals surface area (Å²) in [5.41, 5.74) is 6.53. The highest BCUT2D eigenvalue weighted by atomic mass is 32.2. The van der Waals surface area contributed by atoms with Gasteiger partial charge in [0.05, 0.1) is 30.2 Å². The number of benzene rings is 3. The van der Waals surface area contributed by atoms with E-state index in [0.717, 1.165) is 0 Å². The minimum Gasteiger partial charge on any atom is -0.495 e. The number of methoxy groups -OCH3 is 1. The monoisotopic (exact) mass is 468 g/mol. The van der Waals surface area contributed by atoms with Crippen molar-refractivity contribution < 1.29 is 22.7 Å². The molecule has 0 saturated carbocycles. The van der Waals surface area contributed by atoms with Crippen LogP contribution in [-0.4, -0.2) is 27.5 Å². The van der Waals surface area contributed by atoms with Crippen LogP contribution in [0.3, 0.4) is 0 Å². The normalized spacial score (nSPS) is 11.8. The zero-order valence-corrected chi connectivity index (χ0v) is 18.6. The first kappa shape index (κ1) is 23.6. The molecule has 5 N–H and O–H groups in total. The number of nitrogens with two attached hydrogens (primary N) is 1. The summed E-state index contributed by atoms with van der Waals surface area (Å²) in [6.45, 7) is 0. The summed E-state index contributed by atoms with van der Waals surface area (Å²) in [6, 6.07) is 20.0. The first-order valence-corrected chi connectivity index (χ1v) is 11.4. The molecule has 3 aromatic carbocycles. The molecule has 0 aliphatic rings. The molecule has 172 valence electrons. The third-order valence-corrected chi connectivity index (χ3v) is 6.05. The van der Waals surface area contributed by atoms with Gasteiger partial charge in [0.1, 0.15) is 5.75 Å². The highest BCUT2D eigenvalue weighted by Crippen LogP contribution is 2.27. The van der Waals surface area contributed by atoms with Gasteiger partial charge in [-0.15, -0.1) is 0 Å². The van der Waals surface area contributed by atoms with Gasteiger partial charge in [0.2, 0.25) is 5.91 Å². The zero-order valence-electron chi connectivity index (χ0n) is 17.8. The van der Waals surface area contributed by atoms with Crippen LogP contribution >= 0.6 is 0 Å². The molecule has 0 aromatic heterocycles. The number of hydrogen-bond donors (Lipinski definition) is 4. The van der Waals surface area contributed by atoms with E-state index >= 15 is 0 Å². The maximum absolute atomic E-state index is 12.9. The SMILES string of the molecule is COc1ccccc1NS(=O)(=O)c1cccc(NC(=O)CC(NC(N)=O)c2ccccc2)c1. The Morgan fingerprint density at radius 2 is 1.67 bits per heavy atom. The zero-order chi connectivity index (χ0) is 23.8. The molecule has 3 amide bonds. The molecular formula is C23H24N4O5S. The molecule has 33 heavy (non-hydrogen) atoms. The number of anilines is 2. The van der Waals surface area contributed by atoms with E-state index in [9.17, 15) is 18.0 Å². The molecule has 1 atom stereocenters. The summed E-state index contributed by atoms with van der Waals surface area (Å²) in [5, 5.41) is 5.21. The number of amides is 3. The Hall–Kier alpha value is -4.05. The van der Waals surface area contributed by atoms with Gasteiger partial charge >= 0.3 is 6.03 Å². The second kappa shape index (κ2) is 10.5. The van der Waals surface area contributed by atoms with Gasteiger partial charge in [0, 0.05) is 5.69 Å². The van der Waals surface area contributed by atoms with Crippen molar-refractivity contribution in [1.29, 1.82) is 0 Å². The van der Waals surface area contributed by atoms with Crippen molar-refractivity contribution >= 4 is 33.3 Å². The Bertz CT molecular complexity index is 1230. The Kier molecular flexibility index (Phi) is 7.52. The molecule has 3 aromatic rings. The summed E-state index contributed by atoms with van der Waals surface area (Å²) in [5.74, 6) is -0.0516. The van der Waals surface area contributed by atoms with Crippen LogP contribution in [0.1, 0.15) is 18.0 Å². The Balaban J connectivity index is 1.74. The van der Waals surface area contributed by atoms with Crippen LogP contribution in [0, 0.1) is 0 Å². The number of urea groups is 1. The molecule has 1 unspecified atom stereocenters. The molecule has 0 saturated heterocycles. The molecule has 10 heteroatoms. The van der Waals surface area contributed by atoms with Crippen LogP contribution in [-0.2, 0) is 14.8 Å². The van der Waals surface area contributed by atoms with Gasteiger partial charge in [-0.25, -0.2) is 13.2 Å². The summed E-state index contributed by atoms with van der Waals surface area (Å²) in [6.07, 6.45) is -0.0939. The molecule has 0 spiro atoms. The molecule has 9 nitrogen and oxygen atoms in total. The Morgan fingerprint density at radius 1 is 0.970 bits per heavy atom. The fourth-order valence-electron chi connectivity index (χ4n) is 3.18. The van der Waals surface area contributed by atoms with Crippen molar-refractivity contribution in [1.82, 2.24) is 5.32 Å². The first-order valence-electron chi connectivity index (χ1n) is 9.95. The van der Waals surface area contributed by atoms with Crippen LogP contribution in [0.25, 0.3) is 0 Å². The predicted molar refractivity (Wildman–Crippen MR) is 125 cm³/mol. The fraction of sp³-hybridized carbons (Fsp3) is 0.130. The van der Waals surface area contributed by atoms with Crippen LogP contribution < -0.4 is 25.8 Å². The van der Waals surface area contributed by atoms with Crippen molar-refractivity contribution in [2.24, 2.45) is 5.73 Å². The van der Waals surface area contributed by atoms with Gasteiger partial charge in [0.15, 0.2) is 0 Å². The third kappa shape index (κ3) is 6.47. The van der Waals surface area contributed by atoms with E-state index in [2.05, 4.69) is 15.4 Å². The average Bonchev–Trinajstić information content (AvgIpc) is 2.79. The molecule has 0 bridgehead atoms. The molecule has 0 radical (unpaired) electrons. The number of carbonyl (C=O) groups is 2. The van der Waals surface area contributed by atoms with Crippen LogP contribution in [0.15, 0.2) is 83.8 Å². The van der Waals surface area contributed by atoms with Gasteiger partial charge < -0.3 is 21.1 Å². The van der Waals surface area contributed by atoms with Gasteiger partial charge in [-0.3, -0.25) is 9.52 Å². The van der Waals surface area contributed by atoms with Gasteiger partial charge in [-0.1, -0.05) is 48.5 Å². The molecule has 0 fully saturated rings. The lowest BCUT2D eigenvalue weighted by Crippen LogP contribution is -2.35. The van der Waals surface area contributed by atoms with Crippen molar-refractivity contribution in [3.05, 3.63) is 84.4 Å². The average molecular weight is 469 g/mol. The molecule has 0 heterocycles. The quantitative estimate of drug-likeness (QED) is 0.382. The standard InChI is InChI=1S/C23H24N4O5S/c1-32-21-13-6-5-12-19(21)27-33(30,31)18-11-7-10-17(14-18)25-22(28)15-20(26-23(24)29)16-8-3-2-4-9-16/h2-14,20,27H,15H2,1H3,(H,25,28)(H3,24,26,29). The van der Waals surface area contributed by atoms with Gasteiger partial charge in [-0.05, 0) is 35.9 Å². The summed E-state index contributed by atoms with van der Waals surface area (Å²) in [4.78, 5) is 24.0. The number of hydrogen-bond acceptors (Lipinski definition) is 5. The predicted octanol–water partition coefficient (Wildman–Crippen LogP) is 3.23. The maximum atomic E-state index is 12.9. The number of sulfonamides is 1. The topological polar surface area (TPSA) is 140 Å². The fourth-order valence-corrected chi connectivity index (χ4v) is 4.30. The maximum Gasteiger partial charge on any atom is 0.312 e. The van der Waals surface area contributed by atoms with Crippen molar-refractivity contribution in [2.45, 2.75) is 17.4 Å². The lowest BCUT2D eigenvalue weighted by molar-refractivity contribution is -0.116.